The maximum absolute atomic E-state index is 13.3. The van der Waals surface area contributed by atoms with Gasteiger partial charge in [0, 0.05) is 16.5 Å². The number of benzene rings is 1. The van der Waals surface area contributed by atoms with Gasteiger partial charge in [0.1, 0.15) is 11.5 Å². The van der Waals surface area contributed by atoms with E-state index in [1.807, 2.05) is 0 Å². The summed E-state index contributed by atoms with van der Waals surface area (Å²) < 4.78 is 18.2. The third-order valence-electron chi connectivity index (χ3n) is 2.80. The lowest BCUT2D eigenvalue weighted by Crippen LogP contribution is -2.09. The Bertz CT molecular complexity index is 717. The smallest absolute Gasteiger partial charge is 0.355 e. The molecule has 104 valence electrons. The fraction of sp³-hybridized carbons (Fsp3) is 0.143. The second-order valence-corrected chi connectivity index (χ2v) is 4.07. The minimum atomic E-state index is -1.29. The highest BCUT2D eigenvalue weighted by Gasteiger charge is 2.24. The molecule has 6 heteroatoms. The Morgan fingerprint density at radius 2 is 2.15 bits per heavy atom. The van der Waals surface area contributed by atoms with Crippen molar-refractivity contribution in [3.8, 4) is 0 Å². The molecule has 0 fully saturated rings. The second-order valence-electron chi connectivity index (χ2n) is 4.07. The second kappa shape index (κ2) is 5.16. The Balaban J connectivity index is 2.73. The lowest BCUT2D eigenvalue weighted by Gasteiger charge is -2.04. The molecule has 5 nitrogen and oxygen atoms in total. The van der Waals surface area contributed by atoms with Crippen molar-refractivity contribution in [1.82, 2.24) is 4.98 Å². The van der Waals surface area contributed by atoms with Crippen LogP contribution in [0.15, 0.2) is 24.8 Å². The van der Waals surface area contributed by atoms with Gasteiger partial charge in [-0.2, -0.15) is 0 Å². The van der Waals surface area contributed by atoms with Crippen molar-refractivity contribution in [2.75, 3.05) is 6.61 Å². The summed E-state index contributed by atoms with van der Waals surface area (Å²) in [4.78, 5) is 25.7. The molecule has 0 radical (unpaired) electrons. The molecule has 0 saturated heterocycles. The Labute approximate surface area is 113 Å². The van der Waals surface area contributed by atoms with Crippen molar-refractivity contribution in [2.45, 2.75) is 6.92 Å². The Morgan fingerprint density at radius 3 is 2.75 bits per heavy atom. The lowest BCUT2D eigenvalue weighted by atomic mass is 10.0. The standard InChI is InChI=1S/C14H12FNO4/c1-3-20-14(19)12-11(7(2)13(17)18)9-6-8(15)4-5-10(9)16-12/h4-6,16H,2-3H2,1H3,(H,17,18). The predicted octanol–water partition coefficient (Wildman–Crippen LogP) is 2.58. The number of hydrogen-bond donors (Lipinski definition) is 2. The van der Waals surface area contributed by atoms with E-state index in [1.165, 1.54) is 12.1 Å². The SMILES string of the molecule is C=C(C(=O)O)c1c(C(=O)OCC)[nH]c2ccc(F)cc12. The van der Waals surface area contributed by atoms with Crippen molar-refractivity contribution in [3.05, 3.63) is 41.9 Å². The first-order valence-electron chi connectivity index (χ1n) is 5.86. The van der Waals surface area contributed by atoms with Gasteiger partial charge in [-0.05, 0) is 25.1 Å². The van der Waals surface area contributed by atoms with E-state index in [4.69, 9.17) is 9.84 Å². The van der Waals surface area contributed by atoms with E-state index in [2.05, 4.69) is 11.6 Å². The van der Waals surface area contributed by atoms with E-state index in [1.54, 1.807) is 6.92 Å². The summed E-state index contributed by atoms with van der Waals surface area (Å²) in [5, 5.41) is 9.34. The van der Waals surface area contributed by atoms with Crippen LogP contribution in [0.4, 0.5) is 4.39 Å². The molecule has 2 aromatic rings. The summed E-state index contributed by atoms with van der Waals surface area (Å²) in [5.74, 6) is -2.53. The summed E-state index contributed by atoms with van der Waals surface area (Å²) in [6.45, 7) is 5.20. The highest BCUT2D eigenvalue weighted by Crippen LogP contribution is 2.29. The van der Waals surface area contributed by atoms with Crippen LogP contribution in [-0.4, -0.2) is 28.6 Å². The molecule has 2 rings (SSSR count). The number of carbonyl (C=O) groups is 2. The molecule has 0 aliphatic rings. The summed E-state index contributed by atoms with van der Waals surface area (Å²) in [6.07, 6.45) is 0. The number of hydrogen-bond acceptors (Lipinski definition) is 3. The van der Waals surface area contributed by atoms with Crippen LogP contribution in [0.5, 0.6) is 0 Å². The van der Waals surface area contributed by atoms with Gasteiger partial charge in [0.15, 0.2) is 0 Å². The van der Waals surface area contributed by atoms with E-state index >= 15 is 0 Å². The number of ether oxygens (including phenoxy) is 1. The highest BCUT2D eigenvalue weighted by atomic mass is 19.1. The number of fused-ring (bicyclic) bond motifs is 1. The molecule has 1 aromatic carbocycles. The molecule has 0 spiro atoms. The van der Waals surface area contributed by atoms with Crippen LogP contribution in [0, 0.1) is 5.82 Å². The summed E-state index contributed by atoms with van der Waals surface area (Å²) in [5.41, 5.74) is 0.141. The van der Waals surface area contributed by atoms with Crippen molar-refractivity contribution >= 4 is 28.4 Å². The largest absolute Gasteiger partial charge is 0.478 e. The Hall–Kier alpha value is -2.63. The van der Waals surface area contributed by atoms with Crippen molar-refractivity contribution in [2.24, 2.45) is 0 Å². The molecule has 0 saturated carbocycles. The van der Waals surface area contributed by atoms with Gasteiger partial charge in [0.2, 0.25) is 0 Å². The van der Waals surface area contributed by atoms with E-state index in [-0.39, 0.29) is 28.8 Å². The Kier molecular flexibility index (Phi) is 3.56. The van der Waals surface area contributed by atoms with Gasteiger partial charge in [0.05, 0.1) is 12.2 Å². The predicted molar refractivity (Wildman–Crippen MR) is 70.9 cm³/mol. The molecule has 20 heavy (non-hydrogen) atoms. The quantitative estimate of drug-likeness (QED) is 0.665. The maximum atomic E-state index is 13.3. The van der Waals surface area contributed by atoms with Gasteiger partial charge in [-0.1, -0.05) is 6.58 Å². The van der Waals surface area contributed by atoms with Gasteiger partial charge < -0.3 is 14.8 Å². The minimum absolute atomic E-state index is 0.0418. The molecule has 0 aliphatic heterocycles. The highest BCUT2D eigenvalue weighted by molar-refractivity contribution is 6.21. The molecule has 0 bridgehead atoms. The number of aromatic amines is 1. The third-order valence-corrected chi connectivity index (χ3v) is 2.80. The van der Waals surface area contributed by atoms with Crippen molar-refractivity contribution < 1.29 is 23.8 Å². The minimum Gasteiger partial charge on any atom is -0.478 e. The van der Waals surface area contributed by atoms with Gasteiger partial charge >= 0.3 is 11.9 Å². The molecule has 0 unspecified atom stereocenters. The van der Waals surface area contributed by atoms with Crippen LogP contribution >= 0.6 is 0 Å². The number of aromatic nitrogens is 1. The fourth-order valence-corrected chi connectivity index (χ4v) is 1.94. The molecule has 1 heterocycles. The molecule has 2 N–H and O–H groups in total. The van der Waals surface area contributed by atoms with E-state index < -0.39 is 17.8 Å². The molecule has 1 aromatic heterocycles. The van der Waals surface area contributed by atoms with Crippen LogP contribution in [0.1, 0.15) is 23.0 Å². The zero-order valence-electron chi connectivity index (χ0n) is 10.7. The average Bonchev–Trinajstić information content (AvgIpc) is 2.76. The van der Waals surface area contributed by atoms with Crippen molar-refractivity contribution in [3.63, 3.8) is 0 Å². The fourth-order valence-electron chi connectivity index (χ4n) is 1.94. The van der Waals surface area contributed by atoms with Gasteiger partial charge in [-0.3, -0.25) is 0 Å². The number of nitrogens with one attached hydrogen (secondary N) is 1. The first-order chi connectivity index (χ1) is 9.45. The van der Waals surface area contributed by atoms with Gasteiger partial charge in [0.25, 0.3) is 0 Å². The average molecular weight is 277 g/mol. The number of carboxylic acids is 1. The first-order valence-corrected chi connectivity index (χ1v) is 5.86. The number of rotatable bonds is 4. The molecular formula is C14H12FNO4. The number of aliphatic carboxylic acids is 1. The zero-order valence-corrected chi connectivity index (χ0v) is 10.7. The van der Waals surface area contributed by atoms with Gasteiger partial charge in [-0.15, -0.1) is 0 Å². The van der Waals surface area contributed by atoms with Crippen LogP contribution in [0.3, 0.4) is 0 Å². The number of carboxylic acid groups (broad SMARTS) is 1. The molecule has 0 aliphatic carbocycles. The summed E-state index contributed by atoms with van der Waals surface area (Å²) >= 11 is 0. The van der Waals surface area contributed by atoms with Crippen LogP contribution in [0.2, 0.25) is 0 Å². The maximum Gasteiger partial charge on any atom is 0.355 e. The zero-order chi connectivity index (χ0) is 14.9. The topological polar surface area (TPSA) is 79.4 Å². The molecule has 0 amide bonds. The number of halogens is 1. The van der Waals surface area contributed by atoms with Crippen molar-refractivity contribution in [1.29, 1.82) is 0 Å². The normalized spacial score (nSPS) is 10.5. The monoisotopic (exact) mass is 277 g/mol. The lowest BCUT2D eigenvalue weighted by molar-refractivity contribution is -0.130. The number of carbonyl (C=O) groups excluding carboxylic acids is 1. The molecular weight excluding hydrogens is 265 g/mol. The third kappa shape index (κ3) is 2.27. The summed E-state index contributed by atoms with van der Waals surface area (Å²) in [7, 11) is 0. The van der Waals surface area contributed by atoms with E-state index in [0.717, 1.165) is 6.07 Å². The van der Waals surface area contributed by atoms with Gasteiger partial charge in [-0.25, -0.2) is 14.0 Å². The van der Waals surface area contributed by atoms with Crippen LogP contribution in [0.25, 0.3) is 16.5 Å². The number of esters is 1. The van der Waals surface area contributed by atoms with Crippen LogP contribution < -0.4 is 0 Å². The Morgan fingerprint density at radius 1 is 1.45 bits per heavy atom. The number of H-pyrrole nitrogens is 1. The molecule has 0 atom stereocenters. The van der Waals surface area contributed by atoms with E-state index in [0.29, 0.717) is 5.52 Å². The van der Waals surface area contributed by atoms with E-state index in [9.17, 15) is 14.0 Å². The summed E-state index contributed by atoms with van der Waals surface area (Å²) in [6, 6.07) is 3.78. The first kappa shape index (κ1) is 13.8. The van der Waals surface area contributed by atoms with Crippen LogP contribution in [-0.2, 0) is 9.53 Å².